The van der Waals surface area contributed by atoms with Gasteiger partial charge < -0.3 is 5.43 Å². The molecule has 174 valence electrons. The summed E-state index contributed by atoms with van der Waals surface area (Å²) in [6.45, 7) is 1.87. The van der Waals surface area contributed by atoms with Crippen LogP contribution in [-0.4, -0.2) is 39.4 Å². The molecule has 4 heterocycles. The van der Waals surface area contributed by atoms with Crippen LogP contribution in [0.15, 0.2) is 59.3 Å². The average Bonchev–Trinajstić information content (AvgIpc) is 3.33. The summed E-state index contributed by atoms with van der Waals surface area (Å²) in [5.41, 5.74) is 5.36. The third-order valence-electron chi connectivity index (χ3n) is 6.56. The molecule has 0 amide bonds. The molecule has 2 aliphatic rings. The van der Waals surface area contributed by atoms with E-state index < -0.39 is 14.9 Å². The molecule has 11 heteroatoms. The average molecular weight is 479 g/mol. The predicted octanol–water partition coefficient (Wildman–Crippen LogP) is 3.89. The Morgan fingerprint density at radius 1 is 1.21 bits per heavy atom. The van der Waals surface area contributed by atoms with E-state index in [0.717, 1.165) is 34.1 Å². The number of nitriles is 1. The molecule has 2 aliphatic heterocycles. The number of anilines is 1. The highest BCUT2D eigenvalue weighted by molar-refractivity contribution is 7.90. The molecule has 2 bridgehead atoms. The molecule has 34 heavy (non-hydrogen) atoms. The highest BCUT2D eigenvalue weighted by Gasteiger charge is 2.40. The number of hydrogen-bond acceptors (Lipinski definition) is 8. The van der Waals surface area contributed by atoms with Crippen LogP contribution < -0.4 is 5.43 Å². The van der Waals surface area contributed by atoms with Gasteiger partial charge in [-0.2, -0.15) is 5.26 Å². The van der Waals surface area contributed by atoms with E-state index in [-0.39, 0.29) is 34.0 Å². The summed E-state index contributed by atoms with van der Waals surface area (Å²) in [5, 5.41) is 23.2. The lowest BCUT2D eigenvalue weighted by Crippen LogP contribution is -2.44. The standard InChI is InChI=1S/C23H22N6O4S/c1-15-2-6-19(7-3-15)34(32,33)27-11-9-20-22(21(29(30)31)14-25-23(20)27)26-28-17-4-5-18(28)13-16(12-17)8-10-24/h2-3,6-9,11,14,17-18H,4-5,12-13H2,1H3,(H,25,26). The van der Waals surface area contributed by atoms with Gasteiger partial charge in [0.05, 0.1) is 21.3 Å². The molecular weight excluding hydrogens is 456 g/mol. The molecule has 1 aromatic carbocycles. The second-order valence-electron chi connectivity index (χ2n) is 8.69. The van der Waals surface area contributed by atoms with Crippen molar-refractivity contribution < 1.29 is 13.3 Å². The van der Waals surface area contributed by atoms with E-state index >= 15 is 0 Å². The number of fused-ring (bicyclic) bond motifs is 3. The van der Waals surface area contributed by atoms with E-state index in [2.05, 4.69) is 16.5 Å². The fourth-order valence-corrected chi connectivity index (χ4v) is 6.20. The maximum atomic E-state index is 13.3. The first-order chi connectivity index (χ1) is 16.3. The Hall–Kier alpha value is -3.75. The van der Waals surface area contributed by atoms with Gasteiger partial charge in [-0.05, 0) is 50.8 Å². The van der Waals surface area contributed by atoms with Crippen LogP contribution in [0.2, 0.25) is 0 Å². The number of hydrazine groups is 1. The molecule has 0 spiro atoms. The molecule has 2 unspecified atom stereocenters. The van der Waals surface area contributed by atoms with Gasteiger partial charge in [-0.3, -0.25) is 10.1 Å². The monoisotopic (exact) mass is 478 g/mol. The molecule has 5 rings (SSSR count). The Balaban J connectivity index is 1.57. The zero-order valence-electron chi connectivity index (χ0n) is 18.4. The minimum absolute atomic E-state index is 0.0968. The molecule has 0 saturated carbocycles. The van der Waals surface area contributed by atoms with E-state index in [1.54, 1.807) is 18.2 Å². The number of rotatable bonds is 5. The summed E-state index contributed by atoms with van der Waals surface area (Å²) in [6.07, 6.45) is 7.30. The van der Waals surface area contributed by atoms with Gasteiger partial charge in [0.25, 0.3) is 10.0 Å². The lowest BCUT2D eigenvalue weighted by molar-refractivity contribution is -0.384. The lowest BCUT2D eigenvalue weighted by Gasteiger charge is -2.36. The van der Waals surface area contributed by atoms with Crippen molar-refractivity contribution in [2.24, 2.45) is 0 Å². The Labute approximate surface area is 196 Å². The van der Waals surface area contributed by atoms with Crippen LogP contribution in [-0.2, 0) is 10.0 Å². The largest absolute Gasteiger partial charge is 0.312 e. The summed E-state index contributed by atoms with van der Waals surface area (Å²) in [5.74, 6) is 0. The summed E-state index contributed by atoms with van der Waals surface area (Å²) in [7, 11) is -3.94. The molecule has 2 fully saturated rings. The second-order valence-corrected chi connectivity index (χ2v) is 10.5. The van der Waals surface area contributed by atoms with Crippen molar-refractivity contribution in [2.75, 3.05) is 5.43 Å². The number of nitrogens with one attached hydrogen (secondary N) is 1. The van der Waals surface area contributed by atoms with Crippen molar-refractivity contribution in [3.8, 4) is 6.07 Å². The molecule has 0 radical (unpaired) electrons. The van der Waals surface area contributed by atoms with Gasteiger partial charge >= 0.3 is 5.69 Å². The van der Waals surface area contributed by atoms with Crippen molar-refractivity contribution in [2.45, 2.75) is 49.6 Å². The Morgan fingerprint density at radius 3 is 2.50 bits per heavy atom. The molecule has 2 saturated heterocycles. The van der Waals surface area contributed by atoms with Crippen LogP contribution in [0.4, 0.5) is 11.4 Å². The summed E-state index contributed by atoms with van der Waals surface area (Å²) in [6, 6.07) is 10.3. The van der Waals surface area contributed by atoms with Crippen molar-refractivity contribution in [1.29, 1.82) is 5.26 Å². The summed E-state index contributed by atoms with van der Waals surface area (Å²) >= 11 is 0. The number of aryl methyl sites for hydroxylation is 1. The molecule has 0 aliphatic carbocycles. The molecular formula is C23H22N6O4S. The van der Waals surface area contributed by atoms with E-state index in [1.165, 1.54) is 24.4 Å². The van der Waals surface area contributed by atoms with Gasteiger partial charge in [0.2, 0.25) is 0 Å². The number of pyridine rings is 1. The molecule has 2 atom stereocenters. The number of allylic oxidation sites excluding steroid dienone is 1. The Bertz CT molecular complexity index is 1450. The van der Waals surface area contributed by atoms with Crippen molar-refractivity contribution in [1.82, 2.24) is 14.0 Å². The maximum absolute atomic E-state index is 13.3. The van der Waals surface area contributed by atoms with Gasteiger partial charge in [-0.25, -0.2) is 22.4 Å². The minimum atomic E-state index is -3.94. The predicted molar refractivity (Wildman–Crippen MR) is 125 cm³/mol. The zero-order chi connectivity index (χ0) is 24.0. The fourth-order valence-electron chi connectivity index (χ4n) is 4.90. The van der Waals surface area contributed by atoms with Gasteiger partial charge in [0.1, 0.15) is 11.9 Å². The smallest absolute Gasteiger partial charge is 0.312 e. The number of nitrogens with zero attached hydrogens (tertiary/aromatic N) is 5. The lowest BCUT2D eigenvalue weighted by atomic mass is 9.98. The van der Waals surface area contributed by atoms with Gasteiger partial charge in [-0.1, -0.05) is 23.3 Å². The zero-order valence-corrected chi connectivity index (χ0v) is 19.2. The SMILES string of the molecule is Cc1ccc(S(=O)(=O)n2ccc3c(NN4C5CCC4CC(=CC#N)C5)c([N+](=O)[O-])cnc32)cc1. The Morgan fingerprint density at radius 2 is 1.88 bits per heavy atom. The fraction of sp³-hybridized carbons (Fsp3) is 0.304. The minimum Gasteiger partial charge on any atom is -0.312 e. The molecule has 10 nitrogen and oxygen atoms in total. The number of aromatic nitrogens is 2. The van der Waals surface area contributed by atoms with Gasteiger partial charge in [-0.15, -0.1) is 0 Å². The Kier molecular flexibility index (Phi) is 5.34. The maximum Gasteiger partial charge on any atom is 0.312 e. The van der Waals surface area contributed by atoms with Crippen LogP contribution in [0, 0.1) is 28.4 Å². The quantitative estimate of drug-likeness (QED) is 0.331. The molecule has 3 aromatic rings. The highest BCUT2D eigenvalue weighted by Crippen LogP contribution is 2.41. The normalized spacial score (nSPS) is 20.3. The van der Waals surface area contributed by atoms with Crippen LogP contribution >= 0.6 is 0 Å². The molecule has 1 N–H and O–H groups in total. The number of hydrogen-bond donors (Lipinski definition) is 1. The first kappa shape index (κ1) is 22.1. The number of benzene rings is 1. The van der Waals surface area contributed by atoms with Gasteiger partial charge in [0.15, 0.2) is 5.65 Å². The first-order valence-corrected chi connectivity index (χ1v) is 12.3. The van der Waals surface area contributed by atoms with Gasteiger partial charge in [0, 0.05) is 24.4 Å². The van der Waals surface area contributed by atoms with Crippen LogP contribution in [0.1, 0.15) is 31.2 Å². The van der Waals surface area contributed by atoms with Crippen molar-refractivity contribution in [3.63, 3.8) is 0 Å². The third kappa shape index (κ3) is 3.61. The van der Waals surface area contributed by atoms with Crippen molar-refractivity contribution >= 4 is 32.4 Å². The number of piperidine rings is 1. The second kappa shape index (κ2) is 8.23. The third-order valence-corrected chi connectivity index (χ3v) is 8.24. The van der Waals surface area contributed by atoms with E-state index in [1.807, 2.05) is 11.9 Å². The van der Waals surface area contributed by atoms with E-state index in [4.69, 9.17) is 5.26 Å². The van der Waals surface area contributed by atoms with Crippen LogP contribution in [0.25, 0.3) is 11.0 Å². The van der Waals surface area contributed by atoms with Crippen LogP contribution in [0.3, 0.4) is 0 Å². The first-order valence-electron chi connectivity index (χ1n) is 10.9. The van der Waals surface area contributed by atoms with E-state index in [0.29, 0.717) is 18.2 Å². The summed E-state index contributed by atoms with van der Waals surface area (Å²) < 4.78 is 27.6. The van der Waals surface area contributed by atoms with Crippen LogP contribution in [0.5, 0.6) is 0 Å². The summed E-state index contributed by atoms with van der Waals surface area (Å²) in [4.78, 5) is 15.6. The topological polar surface area (TPSA) is 134 Å². The highest BCUT2D eigenvalue weighted by atomic mass is 32.2. The van der Waals surface area contributed by atoms with Crippen molar-refractivity contribution in [3.05, 3.63) is 70.1 Å². The molecule has 2 aromatic heterocycles. The number of nitro groups is 1. The van der Waals surface area contributed by atoms with E-state index in [9.17, 15) is 18.5 Å².